The molecule has 1 atom stereocenters. The summed E-state index contributed by atoms with van der Waals surface area (Å²) in [6, 6.07) is 7.41. The number of hydrogen-bond acceptors (Lipinski definition) is 3. The van der Waals surface area contributed by atoms with Crippen LogP contribution in [0.1, 0.15) is 32.3 Å². The molecular weight excluding hydrogens is 294 g/mol. The fourth-order valence-corrected chi connectivity index (χ4v) is 3.81. The van der Waals surface area contributed by atoms with Crippen molar-refractivity contribution in [3.63, 3.8) is 0 Å². The van der Waals surface area contributed by atoms with Gasteiger partial charge >= 0.3 is 0 Å². The quantitative estimate of drug-likeness (QED) is 0.557. The van der Waals surface area contributed by atoms with E-state index in [4.69, 9.17) is 4.99 Å². The summed E-state index contributed by atoms with van der Waals surface area (Å²) in [6.45, 7) is 6.92. The maximum atomic E-state index is 9.48. The van der Waals surface area contributed by atoms with Gasteiger partial charge in [0.05, 0.1) is 6.54 Å². The van der Waals surface area contributed by atoms with E-state index < -0.39 is 0 Å². The molecule has 0 radical (unpaired) electrons. The molecule has 0 spiro atoms. The summed E-state index contributed by atoms with van der Waals surface area (Å²) < 4.78 is 0.299. The molecule has 1 fully saturated rings. The Balaban J connectivity index is 1.83. The highest BCUT2D eigenvalue weighted by molar-refractivity contribution is 8.00. The summed E-state index contributed by atoms with van der Waals surface area (Å²) in [5.41, 5.74) is 1.13. The summed E-state index contributed by atoms with van der Waals surface area (Å²) in [4.78, 5) is 4.74. The molecule has 2 rings (SSSR count). The molecule has 0 aromatic heterocycles. The van der Waals surface area contributed by atoms with Gasteiger partial charge < -0.3 is 15.7 Å². The van der Waals surface area contributed by atoms with Crippen molar-refractivity contribution in [1.29, 1.82) is 0 Å². The van der Waals surface area contributed by atoms with Crippen LogP contribution < -0.4 is 10.6 Å². The number of benzene rings is 1. The first-order chi connectivity index (χ1) is 10.6. The van der Waals surface area contributed by atoms with E-state index in [1.54, 1.807) is 6.07 Å². The fourth-order valence-electron chi connectivity index (χ4n) is 2.59. The molecule has 22 heavy (non-hydrogen) atoms. The molecule has 1 unspecified atom stereocenters. The maximum absolute atomic E-state index is 9.48. The molecule has 1 aromatic carbocycles. The summed E-state index contributed by atoms with van der Waals surface area (Å²) in [6.07, 6.45) is 3.42. The van der Waals surface area contributed by atoms with E-state index in [-0.39, 0.29) is 0 Å². The third-order valence-corrected chi connectivity index (χ3v) is 5.36. The minimum Gasteiger partial charge on any atom is -0.508 e. The van der Waals surface area contributed by atoms with Crippen LogP contribution in [-0.2, 0) is 6.42 Å². The number of guanidine groups is 1. The molecule has 0 saturated carbocycles. The van der Waals surface area contributed by atoms with E-state index in [1.807, 2.05) is 30.0 Å². The van der Waals surface area contributed by atoms with Gasteiger partial charge in [-0.3, -0.25) is 4.99 Å². The lowest BCUT2D eigenvalue weighted by atomic mass is 10.1. The molecule has 0 aliphatic carbocycles. The molecule has 1 aliphatic rings. The lowest BCUT2D eigenvalue weighted by molar-refractivity contribution is 0.474. The van der Waals surface area contributed by atoms with Crippen LogP contribution in [0.25, 0.3) is 0 Å². The monoisotopic (exact) mass is 321 g/mol. The number of nitrogens with zero attached hydrogens (tertiary/aromatic N) is 1. The first-order valence-electron chi connectivity index (χ1n) is 8.05. The summed E-state index contributed by atoms with van der Waals surface area (Å²) in [7, 11) is 0. The summed E-state index contributed by atoms with van der Waals surface area (Å²) in [5, 5.41) is 16.2. The van der Waals surface area contributed by atoms with Crippen molar-refractivity contribution < 1.29 is 5.11 Å². The van der Waals surface area contributed by atoms with Crippen molar-refractivity contribution in [2.45, 2.75) is 37.9 Å². The van der Waals surface area contributed by atoms with Crippen LogP contribution in [0.15, 0.2) is 29.3 Å². The van der Waals surface area contributed by atoms with Crippen LogP contribution in [-0.4, -0.2) is 41.2 Å². The van der Waals surface area contributed by atoms with E-state index in [2.05, 4.69) is 24.5 Å². The van der Waals surface area contributed by atoms with E-state index in [0.29, 0.717) is 10.5 Å². The normalized spacial score (nSPS) is 21.8. The molecule has 1 aliphatic heterocycles. The number of phenols is 1. The Bertz CT molecular complexity index is 498. The van der Waals surface area contributed by atoms with Crippen molar-refractivity contribution in [3.05, 3.63) is 29.8 Å². The molecule has 0 amide bonds. The molecule has 3 N–H and O–H groups in total. The zero-order valence-corrected chi connectivity index (χ0v) is 14.4. The Morgan fingerprint density at radius 1 is 1.41 bits per heavy atom. The smallest absolute Gasteiger partial charge is 0.191 e. The zero-order valence-electron chi connectivity index (χ0n) is 13.6. The molecule has 0 bridgehead atoms. The van der Waals surface area contributed by atoms with Gasteiger partial charge in [0.1, 0.15) is 5.75 Å². The van der Waals surface area contributed by atoms with E-state index in [0.717, 1.165) is 37.6 Å². The number of aliphatic imine (C=N–C) groups is 1. The zero-order chi connectivity index (χ0) is 15.8. The van der Waals surface area contributed by atoms with Gasteiger partial charge in [-0.1, -0.05) is 12.1 Å². The average Bonchev–Trinajstić information content (AvgIpc) is 2.92. The Morgan fingerprint density at radius 2 is 2.27 bits per heavy atom. The molecule has 1 aromatic rings. The first kappa shape index (κ1) is 17.0. The first-order valence-corrected chi connectivity index (χ1v) is 9.04. The van der Waals surface area contributed by atoms with Crippen LogP contribution in [0.2, 0.25) is 0 Å². The second-order valence-corrected chi connectivity index (χ2v) is 7.63. The maximum Gasteiger partial charge on any atom is 0.191 e. The van der Waals surface area contributed by atoms with Gasteiger partial charge in [0.25, 0.3) is 0 Å². The number of thioether (sulfide) groups is 1. The Kier molecular flexibility index (Phi) is 6.43. The SMILES string of the molecule is CCNC(=NCC1(C)CCCS1)NCCc1cccc(O)c1. The molecule has 4 nitrogen and oxygen atoms in total. The molecule has 1 heterocycles. The summed E-state index contributed by atoms with van der Waals surface area (Å²) in [5.74, 6) is 2.47. The average molecular weight is 321 g/mol. The molecular formula is C17H27N3OS. The van der Waals surface area contributed by atoms with Crippen molar-refractivity contribution in [1.82, 2.24) is 10.6 Å². The number of hydrogen-bond donors (Lipinski definition) is 3. The molecule has 5 heteroatoms. The standard InChI is InChI=1S/C17H27N3OS/c1-3-18-16(20-13-17(2)9-5-11-22-17)19-10-8-14-6-4-7-15(21)12-14/h4,6-7,12,21H,3,5,8-11,13H2,1-2H3,(H2,18,19,20). The number of nitrogens with one attached hydrogen (secondary N) is 2. The van der Waals surface area contributed by atoms with Crippen LogP contribution in [0.4, 0.5) is 0 Å². The third-order valence-electron chi connectivity index (χ3n) is 3.83. The minimum absolute atomic E-state index is 0.299. The van der Waals surface area contributed by atoms with E-state index in [9.17, 15) is 5.11 Å². The highest BCUT2D eigenvalue weighted by atomic mass is 32.2. The Hall–Kier alpha value is -1.36. The predicted molar refractivity (Wildman–Crippen MR) is 95.9 cm³/mol. The van der Waals surface area contributed by atoms with Crippen LogP contribution in [0.3, 0.4) is 0 Å². The number of aromatic hydroxyl groups is 1. The highest BCUT2D eigenvalue weighted by Crippen LogP contribution is 2.37. The van der Waals surface area contributed by atoms with Gasteiger partial charge in [-0.05, 0) is 56.6 Å². The minimum atomic E-state index is 0.299. The number of rotatable bonds is 6. The van der Waals surface area contributed by atoms with Gasteiger partial charge in [-0.25, -0.2) is 0 Å². The van der Waals surface area contributed by atoms with Gasteiger partial charge in [0.2, 0.25) is 0 Å². The lowest BCUT2D eigenvalue weighted by Crippen LogP contribution is -2.39. The molecule has 1 saturated heterocycles. The van der Waals surface area contributed by atoms with E-state index in [1.165, 1.54) is 18.6 Å². The largest absolute Gasteiger partial charge is 0.508 e. The van der Waals surface area contributed by atoms with Crippen LogP contribution in [0.5, 0.6) is 5.75 Å². The second-order valence-electron chi connectivity index (χ2n) is 5.94. The van der Waals surface area contributed by atoms with Crippen LogP contribution in [0, 0.1) is 0 Å². The van der Waals surface area contributed by atoms with E-state index >= 15 is 0 Å². The van der Waals surface area contributed by atoms with Gasteiger partial charge in [-0.15, -0.1) is 0 Å². The number of phenolic OH excluding ortho intramolecular Hbond substituents is 1. The second kappa shape index (κ2) is 8.32. The van der Waals surface area contributed by atoms with Gasteiger partial charge in [-0.2, -0.15) is 11.8 Å². The van der Waals surface area contributed by atoms with Crippen molar-refractivity contribution in [2.24, 2.45) is 4.99 Å². The Labute approximate surface area is 137 Å². The highest BCUT2D eigenvalue weighted by Gasteiger charge is 2.29. The fraction of sp³-hybridized carbons (Fsp3) is 0.588. The van der Waals surface area contributed by atoms with Gasteiger partial charge in [0.15, 0.2) is 5.96 Å². The Morgan fingerprint density at radius 3 is 2.95 bits per heavy atom. The lowest BCUT2D eigenvalue weighted by Gasteiger charge is -2.21. The van der Waals surface area contributed by atoms with Crippen molar-refractivity contribution in [3.8, 4) is 5.75 Å². The van der Waals surface area contributed by atoms with Crippen LogP contribution >= 0.6 is 11.8 Å². The van der Waals surface area contributed by atoms with Crippen molar-refractivity contribution >= 4 is 17.7 Å². The topological polar surface area (TPSA) is 56.7 Å². The summed E-state index contributed by atoms with van der Waals surface area (Å²) >= 11 is 2.04. The molecule has 122 valence electrons. The third kappa shape index (κ3) is 5.44. The predicted octanol–water partition coefficient (Wildman–Crippen LogP) is 2.78. The van der Waals surface area contributed by atoms with Crippen molar-refractivity contribution in [2.75, 3.05) is 25.4 Å². The van der Waals surface area contributed by atoms with Gasteiger partial charge in [0, 0.05) is 17.8 Å².